The van der Waals surface area contributed by atoms with Crippen LogP contribution in [0, 0.1) is 0 Å². The summed E-state index contributed by atoms with van der Waals surface area (Å²) in [5, 5.41) is 15.8. The number of pyridine rings is 1. The third kappa shape index (κ3) is 8.21. The van der Waals surface area contributed by atoms with Crippen LogP contribution in [0.4, 0.5) is 14.5 Å². The van der Waals surface area contributed by atoms with Gasteiger partial charge in [0.05, 0.1) is 19.0 Å². The third-order valence-corrected chi connectivity index (χ3v) is 6.26. The number of nitrogens with zero attached hydrogens (tertiary/aromatic N) is 2. The third-order valence-electron chi connectivity index (χ3n) is 6.26. The SMILES string of the molecule is C1CCCCC1.CN1CCC(F)(F)CC1.NC1NCNc2ccc(-c3cncc(O)c3)cc21. The molecule has 2 aromatic rings. The van der Waals surface area contributed by atoms with Crippen LogP contribution < -0.4 is 16.4 Å². The van der Waals surface area contributed by atoms with Gasteiger partial charge in [0.15, 0.2) is 0 Å². The van der Waals surface area contributed by atoms with Gasteiger partial charge in [0.1, 0.15) is 5.75 Å². The van der Waals surface area contributed by atoms with Gasteiger partial charge in [0.25, 0.3) is 5.92 Å². The van der Waals surface area contributed by atoms with Crippen molar-refractivity contribution < 1.29 is 13.9 Å². The highest BCUT2D eigenvalue weighted by molar-refractivity contribution is 5.69. The molecule has 1 aromatic carbocycles. The van der Waals surface area contributed by atoms with Gasteiger partial charge in [-0.3, -0.25) is 10.3 Å². The number of benzene rings is 1. The van der Waals surface area contributed by atoms with E-state index in [1.54, 1.807) is 12.3 Å². The molecule has 2 aliphatic heterocycles. The number of rotatable bonds is 1. The highest BCUT2D eigenvalue weighted by Crippen LogP contribution is 2.30. The summed E-state index contributed by atoms with van der Waals surface area (Å²) in [7, 11) is 1.87. The Labute approximate surface area is 195 Å². The second kappa shape index (κ2) is 12.3. The van der Waals surface area contributed by atoms with Crippen LogP contribution in [-0.4, -0.2) is 47.7 Å². The van der Waals surface area contributed by atoms with Gasteiger partial charge in [-0.1, -0.05) is 44.6 Å². The van der Waals surface area contributed by atoms with Crippen molar-refractivity contribution in [2.75, 3.05) is 32.1 Å². The Bertz CT molecular complexity index is 854. The van der Waals surface area contributed by atoms with Crippen LogP contribution in [0.25, 0.3) is 11.1 Å². The molecule has 1 saturated carbocycles. The molecule has 33 heavy (non-hydrogen) atoms. The molecule has 1 atom stereocenters. The maximum atomic E-state index is 12.4. The van der Waals surface area contributed by atoms with Gasteiger partial charge >= 0.3 is 0 Å². The van der Waals surface area contributed by atoms with E-state index in [2.05, 4.69) is 15.6 Å². The fourth-order valence-electron chi connectivity index (χ4n) is 4.12. The fraction of sp³-hybridized carbons (Fsp3) is 0.560. The summed E-state index contributed by atoms with van der Waals surface area (Å²) in [6.45, 7) is 1.74. The van der Waals surface area contributed by atoms with E-state index >= 15 is 0 Å². The number of anilines is 1. The van der Waals surface area contributed by atoms with Gasteiger partial charge in [0.2, 0.25) is 0 Å². The minimum atomic E-state index is -2.38. The molecular weight excluding hydrogens is 424 g/mol. The van der Waals surface area contributed by atoms with Crippen molar-refractivity contribution in [2.45, 2.75) is 63.5 Å². The molecule has 1 unspecified atom stereocenters. The van der Waals surface area contributed by atoms with Crippen LogP contribution >= 0.6 is 0 Å². The average Bonchev–Trinajstić information content (AvgIpc) is 2.83. The number of halogens is 2. The van der Waals surface area contributed by atoms with Crippen LogP contribution in [-0.2, 0) is 0 Å². The number of alkyl halides is 2. The Morgan fingerprint density at radius 1 is 1.00 bits per heavy atom. The molecule has 182 valence electrons. The molecule has 8 heteroatoms. The summed E-state index contributed by atoms with van der Waals surface area (Å²) in [5.74, 6) is -2.22. The molecule has 0 radical (unpaired) electrons. The number of hydrogen-bond acceptors (Lipinski definition) is 6. The van der Waals surface area contributed by atoms with Crippen LogP contribution in [0.1, 0.15) is 63.1 Å². The molecule has 3 aliphatic rings. The first-order chi connectivity index (χ1) is 15.8. The topological polar surface area (TPSA) is 86.4 Å². The smallest absolute Gasteiger partial charge is 0.250 e. The summed E-state index contributed by atoms with van der Waals surface area (Å²) < 4.78 is 24.7. The predicted octanol–water partition coefficient (Wildman–Crippen LogP) is 5.07. The lowest BCUT2D eigenvalue weighted by Crippen LogP contribution is -2.37. The van der Waals surface area contributed by atoms with E-state index in [-0.39, 0.29) is 24.8 Å². The summed E-state index contributed by atoms with van der Waals surface area (Å²) in [5.41, 5.74) is 9.92. The fourth-order valence-corrected chi connectivity index (χ4v) is 4.12. The molecule has 2 fully saturated rings. The lowest BCUT2D eigenvalue weighted by atomic mass is 10.0. The first kappa shape index (κ1) is 25.3. The van der Waals surface area contributed by atoms with E-state index in [0.717, 1.165) is 22.4 Å². The molecule has 5 rings (SSSR count). The minimum Gasteiger partial charge on any atom is -0.506 e. The highest BCUT2D eigenvalue weighted by Gasteiger charge is 2.32. The Morgan fingerprint density at radius 3 is 2.21 bits per heavy atom. The van der Waals surface area contributed by atoms with E-state index in [0.29, 0.717) is 19.8 Å². The largest absolute Gasteiger partial charge is 0.506 e. The van der Waals surface area contributed by atoms with Crippen molar-refractivity contribution >= 4 is 5.69 Å². The average molecular weight is 462 g/mol. The van der Waals surface area contributed by atoms with Gasteiger partial charge in [0, 0.05) is 48.9 Å². The molecule has 6 nitrogen and oxygen atoms in total. The molecule has 1 saturated heterocycles. The molecule has 1 aliphatic carbocycles. The number of aromatic hydroxyl groups is 1. The van der Waals surface area contributed by atoms with Crippen LogP contribution in [0.5, 0.6) is 5.75 Å². The maximum absolute atomic E-state index is 12.4. The van der Waals surface area contributed by atoms with E-state index < -0.39 is 5.92 Å². The molecule has 0 spiro atoms. The predicted molar refractivity (Wildman–Crippen MR) is 129 cm³/mol. The van der Waals surface area contributed by atoms with Crippen molar-refractivity contribution in [1.29, 1.82) is 0 Å². The van der Waals surface area contributed by atoms with Gasteiger partial charge in [-0.2, -0.15) is 0 Å². The summed E-state index contributed by atoms with van der Waals surface area (Å²) in [6, 6.07) is 7.68. The van der Waals surface area contributed by atoms with Crippen LogP contribution in [0.3, 0.4) is 0 Å². The van der Waals surface area contributed by atoms with Crippen molar-refractivity contribution in [1.82, 2.24) is 15.2 Å². The summed E-state index contributed by atoms with van der Waals surface area (Å²) >= 11 is 0. The normalized spacial score (nSPS) is 21.9. The van der Waals surface area contributed by atoms with E-state index in [1.807, 2.05) is 30.1 Å². The monoisotopic (exact) mass is 461 g/mol. The van der Waals surface area contributed by atoms with Gasteiger partial charge in [-0.05, 0) is 30.8 Å². The Morgan fingerprint density at radius 2 is 1.64 bits per heavy atom. The second-order valence-corrected chi connectivity index (χ2v) is 9.05. The molecule has 5 N–H and O–H groups in total. The molecular formula is C25H37F2N5O. The first-order valence-electron chi connectivity index (χ1n) is 11.9. The number of nitrogens with one attached hydrogen (secondary N) is 2. The summed E-state index contributed by atoms with van der Waals surface area (Å²) in [4.78, 5) is 5.91. The lowest BCUT2D eigenvalue weighted by Gasteiger charge is -2.28. The Kier molecular flexibility index (Phi) is 9.41. The summed E-state index contributed by atoms with van der Waals surface area (Å²) in [6.07, 6.45) is 12.0. The number of piperidine rings is 1. The zero-order valence-electron chi connectivity index (χ0n) is 19.5. The number of hydrogen-bond donors (Lipinski definition) is 4. The molecule has 1 aromatic heterocycles. The van der Waals surface area contributed by atoms with Gasteiger partial charge < -0.3 is 21.1 Å². The van der Waals surface area contributed by atoms with E-state index in [9.17, 15) is 13.9 Å². The zero-order valence-corrected chi connectivity index (χ0v) is 19.5. The second-order valence-electron chi connectivity index (χ2n) is 9.05. The zero-order chi connectivity index (χ0) is 23.7. The first-order valence-corrected chi connectivity index (χ1v) is 11.9. The van der Waals surface area contributed by atoms with Gasteiger partial charge in [-0.15, -0.1) is 0 Å². The van der Waals surface area contributed by atoms with Crippen LogP contribution in [0.2, 0.25) is 0 Å². The molecule has 3 heterocycles. The van der Waals surface area contributed by atoms with Gasteiger partial charge in [-0.25, -0.2) is 8.78 Å². The molecule has 0 bridgehead atoms. The van der Waals surface area contributed by atoms with Crippen molar-refractivity contribution in [3.8, 4) is 16.9 Å². The quantitative estimate of drug-likeness (QED) is 0.474. The maximum Gasteiger partial charge on any atom is 0.250 e. The minimum absolute atomic E-state index is 0.0312. The van der Waals surface area contributed by atoms with Crippen molar-refractivity contribution in [3.63, 3.8) is 0 Å². The van der Waals surface area contributed by atoms with E-state index in [4.69, 9.17) is 5.73 Å². The standard InChI is InChI=1S/C13H14N4O.C6H11F2N.C6H12/c14-13-11-4-8(1-2-12(11)16-7-17-13)9-3-10(18)6-15-5-9;1-9-4-2-6(7,8)3-5-9;1-2-4-6-5-3-1/h1-6,13,16-18H,7,14H2;2-5H2,1H3;1-6H2. The highest BCUT2D eigenvalue weighted by atomic mass is 19.3. The lowest BCUT2D eigenvalue weighted by molar-refractivity contribution is -0.0504. The number of nitrogens with two attached hydrogens (primary N) is 1. The van der Waals surface area contributed by atoms with E-state index in [1.165, 1.54) is 44.7 Å². The van der Waals surface area contributed by atoms with Crippen LogP contribution in [0.15, 0.2) is 36.7 Å². The number of fused-ring (bicyclic) bond motifs is 1. The molecule has 0 amide bonds. The van der Waals surface area contributed by atoms with Crippen molar-refractivity contribution in [3.05, 3.63) is 42.2 Å². The Balaban J connectivity index is 0.000000169. The number of likely N-dealkylation sites (tertiary alicyclic amines) is 1. The van der Waals surface area contributed by atoms with Crippen molar-refractivity contribution in [2.24, 2.45) is 5.73 Å². The number of aromatic nitrogens is 1. The Hall–Kier alpha value is -2.29.